The number of H-pyrrole nitrogens is 1. The summed E-state index contributed by atoms with van der Waals surface area (Å²) in [7, 11) is 1.33. The van der Waals surface area contributed by atoms with Crippen molar-refractivity contribution in [1.29, 1.82) is 0 Å². The number of rotatable bonds is 6. The molecule has 140 valence electrons. The van der Waals surface area contributed by atoms with Crippen LogP contribution >= 0.6 is 12.2 Å². The molecule has 0 unspecified atom stereocenters. The van der Waals surface area contributed by atoms with Crippen LogP contribution in [0.15, 0.2) is 47.6 Å². The van der Waals surface area contributed by atoms with Gasteiger partial charge in [0.1, 0.15) is 5.82 Å². The maximum Gasteiger partial charge on any atom is 0.387 e. The van der Waals surface area contributed by atoms with Crippen LogP contribution in [0.5, 0.6) is 11.5 Å². The smallest absolute Gasteiger partial charge is 0.387 e. The zero-order valence-electron chi connectivity index (χ0n) is 13.9. The molecule has 6 nitrogen and oxygen atoms in total. The number of aromatic amines is 1. The molecule has 0 spiro atoms. The summed E-state index contributed by atoms with van der Waals surface area (Å²) in [4.78, 5) is 0. The van der Waals surface area contributed by atoms with Gasteiger partial charge in [0.15, 0.2) is 17.3 Å². The van der Waals surface area contributed by atoms with Crippen LogP contribution in [-0.4, -0.2) is 34.8 Å². The minimum absolute atomic E-state index is 0.100. The molecule has 2 aromatic carbocycles. The van der Waals surface area contributed by atoms with E-state index in [-0.39, 0.29) is 27.7 Å². The first kappa shape index (κ1) is 18.6. The van der Waals surface area contributed by atoms with Gasteiger partial charge in [-0.15, -0.1) is 0 Å². The number of methoxy groups -OCH3 is 1. The monoisotopic (exact) mass is 394 g/mol. The highest BCUT2D eigenvalue weighted by atomic mass is 32.1. The summed E-state index contributed by atoms with van der Waals surface area (Å²) in [5.41, 5.74) is 0.747. The van der Waals surface area contributed by atoms with Crippen molar-refractivity contribution in [3.05, 3.63) is 58.6 Å². The maximum absolute atomic E-state index is 14.0. The third-order valence-corrected chi connectivity index (χ3v) is 3.76. The summed E-state index contributed by atoms with van der Waals surface area (Å²) in [6.45, 7) is -2.97. The van der Waals surface area contributed by atoms with Crippen LogP contribution in [0.3, 0.4) is 0 Å². The van der Waals surface area contributed by atoms with Gasteiger partial charge >= 0.3 is 6.61 Å². The van der Waals surface area contributed by atoms with Gasteiger partial charge in [-0.1, -0.05) is 12.1 Å². The maximum atomic E-state index is 14.0. The quantitative estimate of drug-likeness (QED) is 0.502. The van der Waals surface area contributed by atoms with E-state index in [1.165, 1.54) is 42.3 Å². The normalized spacial score (nSPS) is 11.3. The van der Waals surface area contributed by atoms with Gasteiger partial charge in [-0.2, -0.15) is 23.7 Å². The molecule has 1 N–H and O–H groups in total. The van der Waals surface area contributed by atoms with E-state index in [1.807, 2.05) is 0 Å². The third kappa shape index (κ3) is 4.17. The Labute approximate surface area is 156 Å². The van der Waals surface area contributed by atoms with Gasteiger partial charge in [0.05, 0.1) is 18.9 Å². The lowest BCUT2D eigenvalue weighted by Gasteiger charge is -2.10. The molecule has 0 saturated carbocycles. The van der Waals surface area contributed by atoms with Crippen molar-refractivity contribution in [2.24, 2.45) is 5.10 Å². The number of benzene rings is 2. The molecule has 0 aliphatic carbocycles. The van der Waals surface area contributed by atoms with Gasteiger partial charge in [0, 0.05) is 0 Å². The van der Waals surface area contributed by atoms with E-state index < -0.39 is 12.4 Å². The number of ether oxygens (including phenoxy) is 2. The van der Waals surface area contributed by atoms with Crippen molar-refractivity contribution >= 4 is 18.4 Å². The summed E-state index contributed by atoms with van der Waals surface area (Å²) < 4.78 is 49.6. The van der Waals surface area contributed by atoms with Gasteiger partial charge in [-0.3, -0.25) is 0 Å². The van der Waals surface area contributed by atoms with Crippen molar-refractivity contribution in [2.45, 2.75) is 6.61 Å². The summed E-state index contributed by atoms with van der Waals surface area (Å²) in [5.74, 6) is -0.266. The lowest BCUT2D eigenvalue weighted by molar-refractivity contribution is -0.0512. The SMILES string of the molecule is COc1cc(/C=N\n2c(-c3ccccc3F)n[nH]c2=S)ccc1OC(F)F. The van der Waals surface area contributed by atoms with E-state index >= 15 is 0 Å². The number of alkyl halides is 2. The molecule has 10 heteroatoms. The van der Waals surface area contributed by atoms with Crippen molar-refractivity contribution in [1.82, 2.24) is 14.9 Å². The molecule has 0 amide bonds. The van der Waals surface area contributed by atoms with Crippen LogP contribution in [-0.2, 0) is 0 Å². The second kappa shape index (κ2) is 8.04. The van der Waals surface area contributed by atoms with E-state index in [0.29, 0.717) is 5.56 Å². The first-order valence-corrected chi connectivity index (χ1v) is 8.00. The van der Waals surface area contributed by atoms with Crippen LogP contribution in [0.25, 0.3) is 11.4 Å². The molecule has 3 rings (SSSR count). The minimum atomic E-state index is -2.97. The molecular weight excluding hydrogens is 381 g/mol. The highest BCUT2D eigenvalue weighted by Gasteiger charge is 2.13. The first-order chi connectivity index (χ1) is 13.0. The second-order valence-electron chi connectivity index (χ2n) is 5.18. The van der Waals surface area contributed by atoms with E-state index in [9.17, 15) is 13.2 Å². The van der Waals surface area contributed by atoms with Gasteiger partial charge in [-0.25, -0.2) is 9.49 Å². The Hall–Kier alpha value is -3.14. The Morgan fingerprint density at radius 3 is 2.70 bits per heavy atom. The van der Waals surface area contributed by atoms with Crippen LogP contribution < -0.4 is 9.47 Å². The van der Waals surface area contributed by atoms with E-state index in [0.717, 1.165) is 0 Å². The molecule has 0 bridgehead atoms. The van der Waals surface area contributed by atoms with Gasteiger partial charge in [0.25, 0.3) is 0 Å². The molecule has 0 fully saturated rings. The molecule has 0 saturated heterocycles. The largest absolute Gasteiger partial charge is 0.493 e. The predicted molar refractivity (Wildman–Crippen MR) is 95.4 cm³/mol. The fraction of sp³-hybridized carbons (Fsp3) is 0.118. The van der Waals surface area contributed by atoms with Crippen LogP contribution in [0, 0.1) is 10.6 Å². The zero-order chi connectivity index (χ0) is 19.4. The summed E-state index contributed by atoms with van der Waals surface area (Å²) in [6.07, 6.45) is 1.41. The van der Waals surface area contributed by atoms with Crippen molar-refractivity contribution in [3.63, 3.8) is 0 Å². The van der Waals surface area contributed by atoms with Crippen molar-refractivity contribution in [2.75, 3.05) is 7.11 Å². The fourth-order valence-corrected chi connectivity index (χ4v) is 2.48. The summed E-state index contributed by atoms with van der Waals surface area (Å²) >= 11 is 5.13. The molecule has 1 aromatic heterocycles. The molecule has 0 aliphatic heterocycles. The molecule has 3 aromatic rings. The number of hydrogen-bond acceptors (Lipinski definition) is 5. The summed E-state index contributed by atoms with van der Waals surface area (Å²) in [5, 5.41) is 10.8. The van der Waals surface area contributed by atoms with Gasteiger partial charge < -0.3 is 9.47 Å². The molecular formula is C17H13F3N4O2S. The molecule has 1 heterocycles. The van der Waals surface area contributed by atoms with Crippen molar-refractivity contribution in [3.8, 4) is 22.9 Å². The molecule has 27 heavy (non-hydrogen) atoms. The number of nitrogens with one attached hydrogen (secondary N) is 1. The van der Waals surface area contributed by atoms with Crippen LogP contribution in [0.1, 0.15) is 5.56 Å². The number of nitrogens with zero attached hydrogens (tertiary/aromatic N) is 3. The van der Waals surface area contributed by atoms with E-state index in [1.54, 1.807) is 18.2 Å². The lowest BCUT2D eigenvalue weighted by atomic mass is 10.2. The van der Waals surface area contributed by atoms with Crippen molar-refractivity contribution < 1.29 is 22.6 Å². The average molecular weight is 394 g/mol. The number of hydrogen-bond donors (Lipinski definition) is 1. The Morgan fingerprint density at radius 2 is 2.00 bits per heavy atom. The predicted octanol–water partition coefficient (Wildman–Crippen LogP) is 4.24. The highest BCUT2D eigenvalue weighted by Crippen LogP contribution is 2.29. The topological polar surface area (TPSA) is 64.4 Å². The number of aromatic nitrogens is 3. The standard InChI is InChI=1S/C17H13F3N4O2S/c1-25-14-8-10(6-7-13(14)26-16(19)20)9-21-24-15(22-23-17(24)27)11-4-2-3-5-12(11)18/h2-9,16H,1H3,(H,23,27)/b21-9-. The average Bonchev–Trinajstić information content (AvgIpc) is 3.01. The molecule has 0 radical (unpaired) electrons. The fourth-order valence-electron chi connectivity index (χ4n) is 2.30. The van der Waals surface area contributed by atoms with Crippen LogP contribution in [0.4, 0.5) is 13.2 Å². The summed E-state index contributed by atoms with van der Waals surface area (Å²) in [6, 6.07) is 10.4. The third-order valence-electron chi connectivity index (χ3n) is 3.49. The Balaban J connectivity index is 1.95. The molecule has 0 atom stereocenters. The Morgan fingerprint density at radius 1 is 1.22 bits per heavy atom. The first-order valence-electron chi connectivity index (χ1n) is 7.59. The lowest BCUT2D eigenvalue weighted by Crippen LogP contribution is -2.04. The Bertz CT molecular complexity index is 1030. The minimum Gasteiger partial charge on any atom is -0.493 e. The second-order valence-corrected chi connectivity index (χ2v) is 5.56. The van der Waals surface area contributed by atoms with Crippen LogP contribution in [0.2, 0.25) is 0 Å². The Kier molecular flexibility index (Phi) is 5.55. The molecule has 0 aliphatic rings. The van der Waals surface area contributed by atoms with Gasteiger partial charge in [0.2, 0.25) is 4.77 Å². The van der Waals surface area contributed by atoms with E-state index in [4.69, 9.17) is 17.0 Å². The van der Waals surface area contributed by atoms with Gasteiger partial charge in [-0.05, 0) is 48.1 Å². The number of halogens is 3. The zero-order valence-corrected chi connectivity index (χ0v) is 14.7. The van der Waals surface area contributed by atoms with E-state index in [2.05, 4.69) is 20.0 Å². The highest BCUT2D eigenvalue weighted by molar-refractivity contribution is 7.71.